The van der Waals surface area contributed by atoms with Crippen LogP contribution in [0, 0.1) is 0 Å². The van der Waals surface area contributed by atoms with E-state index in [1.807, 2.05) is 48.5 Å². The van der Waals surface area contributed by atoms with Crippen molar-refractivity contribution in [3.05, 3.63) is 48.5 Å². The number of benzene rings is 2. The van der Waals surface area contributed by atoms with Gasteiger partial charge in [-0.1, -0.05) is 23.5 Å². The number of ether oxygens (including phenoxy) is 2. The van der Waals surface area contributed by atoms with E-state index in [1.54, 1.807) is 11.3 Å². The summed E-state index contributed by atoms with van der Waals surface area (Å²) < 4.78 is 12.8. The normalized spacial score (nSPS) is 17.5. The smallest absolute Gasteiger partial charge is 0.279 e. The fourth-order valence-corrected chi connectivity index (χ4v) is 3.53. The molecule has 0 bridgehead atoms. The average molecular weight is 326 g/mol. The predicted octanol–water partition coefficient (Wildman–Crippen LogP) is 4.22. The second-order valence-electron chi connectivity index (χ2n) is 5.63. The summed E-state index contributed by atoms with van der Waals surface area (Å²) in [5, 5.41) is 4.09. The quantitative estimate of drug-likeness (QED) is 0.762. The third-order valence-corrected chi connectivity index (χ3v) is 4.83. The van der Waals surface area contributed by atoms with Crippen molar-refractivity contribution in [3.63, 3.8) is 0 Å². The maximum absolute atomic E-state index is 5.84. The Morgan fingerprint density at radius 2 is 1.91 bits per heavy atom. The van der Waals surface area contributed by atoms with E-state index in [9.17, 15) is 0 Å². The van der Waals surface area contributed by atoms with Crippen LogP contribution in [0.4, 0.5) is 0 Å². The fraction of sp³-hybridized carbons (Fsp3) is 0.278. The van der Waals surface area contributed by atoms with Crippen molar-refractivity contribution in [2.45, 2.75) is 18.9 Å². The number of fused-ring (bicyclic) bond motifs is 1. The van der Waals surface area contributed by atoms with Crippen LogP contribution in [-0.2, 0) is 0 Å². The third-order valence-electron chi connectivity index (χ3n) is 3.92. The molecular formula is C18H18N2O2S. The first-order valence-electron chi connectivity index (χ1n) is 7.86. The maximum Gasteiger partial charge on any atom is 0.279 e. The van der Waals surface area contributed by atoms with E-state index in [-0.39, 0.29) is 0 Å². The minimum absolute atomic E-state index is 0.480. The Kier molecular flexibility index (Phi) is 4.13. The molecule has 0 spiro atoms. The van der Waals surface area contributed by atoms with E-state index in [0.717, 1.165) is 34.9 Å². The number of aromatic nitrogens is 1. The summed E-state index contributed by atoms with van der Waals surface area (Å²) in [4.78, 5) is 4.48. The molecule has 3 aromatic rings. The molecule has 23 heavy (non-hydrogen) atoms. The molecule has 2 aromatic carbocycles. The Bertz CT molecular complexity index is 746. The SMILES string of the molecule is c1ccc2sc(Oc3ccc(OCC4CCCN4)cc3)nc2c1. The lowest BCUT2D eigenvalue weighted by Gasteiger charge is -2.12. The molecule has 1 aromatic heterocycles. The summed E-state index contributed by atoms with van der Waals surface area (Å²) >= 11 is 1.55. The Morgan fingerprint density at radius 1 is 1.09 bits per heavy atom. The number of rotatable bonds is 5. The van der Waals surface area contributed by atoms with Crippen LogP contribution < -0.4 is 14.8 Å². The fourth-order valence-electron chi connectivity index (χ4n) is 2.70. The van der Waals surface area contributed by atoms with Gasteiger partial charge in [0.25, 0.3) is 5.19 Å². The summed E-state index contributed by atoms with van der Waals surface area (Å²) in [7, 11) is 0. The summed E-state index contributed by atoms with van der Waals surface area (Å²) in [6, 6.07) is 16.2. The molecule has 1 atom stereocenters. The summed E-state index contributed by atoms with van der Waals surface area (Å²) in [5.74, 6) is 1.64. The van der Waals surface area contributed by atoms with Crippen LogP contribution >= 0.6 is 11.3 Å². The molecule has 118 valence electrons. The van der Waals surface area contributed by atoms with Gasteiger partial charge in [0.15, 0.2) is 0 Å². The Morgan fingerprint density at radius 3 is 2.70 bits per heavy atom. The highest BCUT2D eigenvalue weighted by Crippen LogP contribution is 2.31. The maximum atomic E-state index is 5.84. The van der Waals surface area contributed by atoms with Crippen molar-refractivity contribution < 1.29 is 9.47 Å². The molecular weight excluding hydrogens is 308 g/mol. The van der Waals surface area contributed by atoms with Crippen LogP contribution in [0.2, 0.25) is 0 Å². The van der Waals surface area contributed by atoms with Crippen molar-refractivity contribution in [2.24, 2.45) is 0 Å². The van der Waals surface area contributed by atoms with Crippen molar-refractivity contribution in [2.75, 3.05) is 13.2 Å². The number of thiazole rings is 1. The average Bonchev–Trinajstić information content (AvgIpc) is 3.23. The van der Waals surface area contributed by atoms with Crippen LogP contribution in [-0.4, -0.2) is 24.2 Å². The van der Waals surface area contributed by atoms with Gasteiger partial charge in [0.1, 0.15) is 18.1 Å². The van der Waals surface area contributed by atoms with Gasteiger partial charge in [-0.25, -0.2) is 4.98 Å². The molecule has 0 radical (unpaired) electrons. The Balaban J connectivity index is 1.39. The zero-order valence-corrected chi connectivity index (χ0v) is 13.5. The molecule has 0 amide bonds. The number of para-hydroxylation sites is 1. The number of nitrogens with one attached hydrogen (secondary N) is 1. The van der Waals surface area contributed by atoms with Gasteiger partial charge in [-0.05, 0) is 55.8 Å². The number of hydrogen-bond acceptors (Lipinski definition) is 5. The monoisotopic (exact) mass is 326 g/mol. The first kappa shape index (κ1) is 14.5. The molecule has 2 heterocycles. The summed E-state index contributed by atoms with van der Waals surface area (Å²) in [6.07, 6.45) is 2.43. The van der Waals surface area contributed by atoms with Crippen LogP contribution in [0.25, 0.3) is 10.2 Å². The van der Waals surface area contributed by atoms with Crippen LogP contribution in [0.1, 0.15) is 12.8 Å². The molecule has 0 saturated carbocycles. The molecule has 4 nitrogen and oxygen atoms in total. The van der Waals surface area contributed by atoms with E-state index in [0.29, 0.717) is 11.2 Å². The predicted molar refractivity (Wildman–Crippen MR) is 92.7 cm³/mol. The standard InChI is InChI=1S/C18H18N2O2S/c1-2-6-17-16(5-1)20-18(23-17)22-15-9-7-14(8-10-15)21-12-13-4-3-11-19-13/h1-2,5-10,13,19H,3-4,11-12H2. The molecule has 5 heteroatoms. The van der Waals surface area contributed by atoms with Gasteiger partial charge in [0.2, 0.25) is 0 Å². The lowest BCUT2D eigenvalue weighted by atomic mass is 10.2. The lowest BCUT2D eigenvalue weighted by molar-refractivity contribution is 0.277. The van der Waals surface area contributed by atoms with Gasteiger partial charge in [0, 0.05) is 6.04 Å². The summed E-state index contributed by atoms with van der Waals surface area (Å²) in [5.41, 5.74) is 0.969. The largest absolute Gasteiger partial charge is 0.492 e. The zero-order chi connectivity index (χ0) is 15.5. The lowest BCUT2D eigenvalue weighted by Crippen LogP contribution is -2.28. The highest BCUT2D eigenvalue weighted by Gasteiger charge is 2.14. The Labute approximate surface area is 139 Å². The van der Waals surface area contributed by atoms with Gasteiger partial charge in [-0.2, -0.15) is 0 Å². The molecule has 1 fully saturated rings. The molecule has 1 unspecified atom stereocenters. The van der Waals surface area contributed by atoms with Gasteiger partial charge in [0.05, 0.1) is 10.2 Å². The number of hydrogen-bond donors (Lipinski definition) is 1. The van der Waals surface area contributed by atoms with Crippen molar-refractivity contribution in [1.29, 1.82) is 0 Å². The first-order chi connectivity index (χ1) is 11.4. The molecule has 1 aliphatic rings. The first-order valence-corrected chi connectivity index (χ1v) is 8.68. The van der Waals surface area contributed by atoms with E-state index < -0.39 is 0 Å². The second-order valence-corrected chi connectivity index (χ2v) is 6.62. The van der Waals surface area contributed by atoms with Gasteiger partial charge in [-0.3, -0.25) is 0 Å². The molecule has 4 rings (SSSR count). The van der Waals surface area contributed by atoms with E-state index in [2.05, 4.69) is 10.3 Å². The highest BCUT2D eigenvalue weighted by atomic mass is 32.1. The Hall–Kier alpha value is -2.11. The van der Waals surface area contributed by atoms with Crippen molar-refractivity contribution >= 4 is 21.6 Å². The van der Waals surface area contributed by atoms with E-state index in [4.69, 9.17) is 9.47 Å². The topological polar surface area (TPSA) is 43.4 Å². The van der Waals surface area contributed by atoms with Crippen molar-refractivity contribution in [3.8, 4) is 16.7 Å². The third kappa shape index (κ3) is 3.46. The van der Waals surface area contributed by atoms with Crippen LogP contribution in [0.3, 0.4) is 0 Å². The van der Waals surface area contributed by atoms with E-state index in [1.165, 1.54) is 12.8 Å². The molecule has 1 N–H and O–H groups in total. The van der Waals surface area contributed by atoms with E-state index >= 15 is 0 Å². The van der Waals surface area contributed by atoms with Gasteiger partial charge in [-0.15, -0.1) is 0 Å². The van der Waals surface area contributed by atoms with Gasteiger partial charge >= 0.3 is 0 Å². The minimum atomic E-state index is 0.480. The van der Waals surface area contributed by atoms with Gasteiger partial charge < -0.3 is 14.8 Å². The minimum Gasteiger partial charge on any atom is -0.492 e. The second kappa shape index (κ2) is 6.56. The summed E-state index contributed by atoms with van der Waals surface area (Å²) in [6.45, 7) is 1.82. The van der Waals surface area contributed by atoms with Crippen molar-refractivity contribution in [1.82, 2.24) is 10.3 Å². The highest BCUT2D eigenvalue weighted by molar-refractivity contribution is 7.20. The number of nitrogens with zero attached hydrogens (tertiary/aromatic N) is 1. The van der Waals surface area contributed by atoms with Crippen LogP contribution in [0.5, 0.6) is 16.7 Å². The molecule has 1 saturated heterocycles. The van der Waals surface area contributed by atoms with Crippen LogP contribution in [0.15, 0.2) is 48.5 Å². The zero-order valence-electron chi connectivity index (χ0n) is 12.7. The molecule has 0 aliphatic carbocycles. The molecule has 1 aliphatic heterocycles.